The first-order valence-electron chi connectivity index (χ1n) is 4.31. The summed E-state index contributed by atoms with van der Waals surface area (Å²) in [5.41, 5.74) is 1.00. The molecule has 3 nitrogen and oxygen atoms in total. The fourth-order valence-electron chi connectivity index (χ4n) is 0.926. The third kappa shape index (κ3) is 5.72. The van der Waals surface area contributed by atoms with Crippen molar-refractivity contribution in [2.45, 2.75) is 39.0 Å². The van der Waals surface area contributed by atoms with Gasteiger partial charge in [-0.15, -0.1) is 0 Å². The predicted molar refractivity (Wildman–Crippen MR) is 48.8 cm³/mol. The van der Waals surface area contributed by atoms with Crippen LogP contribution in [0, 0.1) is 11.3 Å². The van der Waals surface area contributed by atoms with Crippen LogP contribution in [0.5, 0.6) is 0 Å². The van der Waals surface area contributed by atoms with Gasteiger partial charge in [-0.1, -0.05) is 18.5 Å². The Bertz CT molecular complexity index is 170. The molecule has 0 rings (SSSR count). The second-order valence-corrected chi connectivity index (χ2v) is 2.60. The lowest BCUT2D eigenvalue weighted by molar-refractivity contribution is 0.211. The number of unbranched alkanes of at least 4 members (excludes halogenated alkanes) is 1. The van der Waals surface area contributed by atoms with E-state index in [0.717, 1.165) is 31.4 Å². The third-order valence-electron chi connectivity index (χ3n) is 1.56. The lowest BCUT2D eigenvalue weighted by atomic mass is 10.1. The molecule has 0 N–H and O–H groups in total. The Morgan fingerprint density at radius 3 is 2.75 bits per heavy atom. The third-order valence-corrected chi connectivity index (χ3v) is 1.56. The molecule has 3 heteroatoms. The van der Waals surface area contributed by atoms with Crippen molar-refractivity contribution in [3.05, 3.63) is 0 Å². The normalized spacial score (nSPS) is 10.9. The van der Waals surface area contributed by atoms with Gasteiger partial charge in [0, 0.05) is 12.8 Å². The van der Waals surface area contributed by atoms with Crippen LogP contribution >= 0.6 is 0 Å². The SMILES string of the molecule is CCCCC(CCC#N)=NOC. The van der Waals surface area contributed by atoms with E-state index in [0.29, 0.717) is 6.42 Å². The molecule has 0 amide bonds. The van der Waals surface area contributed by atoms with Crippen molar-refractivity contribution in [2.24, 2.45) is 5.16 Å². The molecule has 68 valence electrons. The van der Waals surface area contributed by atoms with Crippen molar-refractivity contribution in [1.29, 1.82) is 5.26 Å². The molecule has 12 heavy (non-hydrogen) atoms. The highest BCUT2D eigenvalue weighted by Crippen LogP contribution is 2.03. The Morgan fingerprint density at radius 2 is 2.25 bits per heavy atom. The number of hydrogen-bond donors (Lipinski definition) is 0. The van der Waals surface area contributed by atoms with Gasteiger partial charge in [0.1, 0.15) is 7.11 Å². The lowest BCUT2D eigenvalue weighted by Gasteiger charge is -2.00. The molecule has 0 aromatic heterocycles. The second kappa shape index (κ2) is 8.06. The summed E-state index contributed by atoms with van der Waals surface area (Å²) in [6, 6.07) is 2.10. The van der Waals surface area contributed by atoms with Gasteiger partial charge in [0.05, 0.1) is 11.8 Å². The monoisotopic (exact) mass is 168 g/mol. The Balaban J connectivity index is 3.72. The second-order valence-electron chi connectivity index (χ2n) is 2.60. The molecule has 0 spiro atoms. The summed E-state index contributed by atoms with van der Waals surface area (Å²) >= 11 is 0. The molecule has 0 heterocycles. The fourth-order valence-corrected chi connectivity index (χ4v) is 0.926. The quantitative estimate of drug-likeness (QED) is 0.451. The summed E-state index contributed by atoms with van der Waals surface area (Å²) in [5.74, 6) is 0. The first-order valence-corrected chi connectivity index (χ1v) is 4.31. The number of oxime groups is 1. The Morgan fingerprint density at radius 1 is 1.50 bits per heavy atom. The molecule has 0 aromatic rings. The average molecular weight is 168 g/mol. The number of hydrogen-bond acceptors (Lipinski definition) is 3. The molecule has 0 saturated heterocycles. The molecule has 0 atom stereocenters. The molecule has 0 aliphatic rings. The van der Waals surface area contributed by atoms with E-state index in [4.69, 9.17) is 5.26 Å². The molecule has 0 fully saturated rings. The van der Waals surface area contributed by atoms with Crippen LogP contribution in [0.25, 0.3) is 0 Å². The highest BCUT2D eigenvalue weighted by atomic mass is 16.6. The van der Waals surface area contributed by atoms with Crippen LogP contribution in [0.1, 0.15) is 39.0 Å². The molecule has 0 aliphatic heterocycles. The van der Waals surface area contributed by atoms with Crippen molar-refractivity contribution in [3.8, 4) is 6.07 Å². The largest absolute Gasteiger partial charge is 0.399 e. The fraction of sp³-hybridized carbons (Fsp3) is 0.778. The number of nitriles is 1. The summed E-state index contributed by atoms with van der Waals surface area (Å²) in [6.45, 7) is 2.13. The van der Waals surface area contributed by atoms with E-state index in [2.05, 4.69) is 23.0 Å². The molecule has 0 aromatic carbocycles. The van der Waals surface area contributed by atoms with E-state index in [1.807, 2.05) is 0 Å². The van der Waals surface area contributed by atoms with Gasteiger partial charge < -0.3 is 4.84 Å². The summed E-state index contributed by atoms with van der Waals surface area (Å²) in [7, 11) is 1.54. The van der Waals surface area contributed by atoms with E-state index in [9.17, 15) is 0 Å². The molecular weight excluding hydrogens is 152 g/mol. The smallest absolute Gasteiger partial charge is 0.106 e. The molecule has 0 unspecified atom stereocenters. The Labute approximate surface area is 74.0 Å². The maximum Gasteiger partial charge on any atom is 0.106 e. The van der Waals surface area contributed by atoms with E-state index in [-0.39, 0.29) is 0 Å². The van der Waals surface area contributed by atoms with Crippen molar-refractivity contribution in [1.82, 2.24) is 0 Å². The minimum Gasteiger partial charge on any atom is -0.399 e. The summed E-state index contributed by atoms with van der Waals surface area (Å²) in [6.07, 6.45) is 4.49. The van der Waals surface area contributed by atoms with Crippen LogP contribution in [0.4, 0.5) is 0 Å². The zero-order valence-corrected chi connectivity index (χ0v) is 7.84. The summed E-state index contributed by atoms with van der Waals surface area (Å²) in [5, 5.41) is 12.2. The minimum absolute atomic E-state index is 0.534. The minimum atomic E-state index is 0.534. The lowest BCUT2D eigenvalue weighted by Crippen LogP contribution is -1.98. The van der Waals surface area contributed by atoms with E-state index >= 15 is 0 Å². The van der Waals surface area contributed by atoms with Crippen LogP contribution in [-0.4, -0.2) is 12.8 Å². The summed E-state index contributed by atoms with van der Waals surface area (Å²) in [4.78, 5) is 4.68. The van der Waals surface area contributed by atoms with Crippen LogP contribution in [0.2, 0.25) is 0 Å². The highest BCUT2D eigenvalue weighted by molar-refractivity contribution is 5.84. The molecule has 0 aliphatic carbocycles. The zero-order valence-electron chi connectivity index (χ0n) is 7.84. The molecular formula is C9H16N2O. The van der Waals surface area contributed by atoms with Crippen LogP contribution in [0.3, 0.4) is 0 Å². The van der Waals surface area contributed by atoms with Gasteiger partial charge in [-0.2, -0.15) is 5.26 Å². The van der Waals surface area contributed by atoms with E-state index in [1.165, 1.54) is 0 Å². The number of rotatable bonds is 6. The van der Waals surface area contributed by atoms with Gasteiger partial charge in [-0.3, -0.25) is 0 Å². The van der Waals surface area contributed by atoms with Crippen molar-refractivity contribution in [3.63, 3.8) is 0 Å². The van der Waals surface area contributed by atoms with E-state index in [1.54, 1.807) is 7.11 Å². The van der Waals surface area contributed by atoms with Crippen LogP contribution in [0.15, 0.2) is 5.16 Å². The van der Waals surface area contributed by atoms with Crippen molar-refractivity contribution < 1.29 is 4.84 Å². The number of nitrogens with zero attached hydrogens (tertiary/aromatic N) is 2. The molecule has 0 radical (unpaired) electrons. The average Bonchev–Trinajstić information content (AvgIpc) is 2.10. The van der Waals surface area contributed by atoms with Gasteiger partial charge in [0.25, 0.3) is 0 Å². The molecule has 0 bridgehead atoms. The van der Waals surface area contributed by atoms with E-state index < -0.39 is 0 Å². The summed E-state index contributed by atoms with van der Waals surface area (Å²) < 4.78 is 0. The van der Waals surface area contributed by atoms with Crippen molar-refractivity contribution in [2.75, 3.05) is 7.11 Å². The first-order chi connectivity index (χ1) is 5.85. The van der Waals surface area contributed by atoms with Crippen LogP contribution < -0.4 is 0 Å². The maximum absolute atomic E-state index is 8.36. The zero-order chi connectivity index (χ0) is 9.23. The predicted octanol–water partition coefficient (Wildman–Crippen LogP) is 2.48. The Hall–Kier alpha value is -1.04. The van der Waals surface area contributed by atoms with Gasteiger partial charge in [0.15, 0.2) is 0 Å². The topological polar surface area (TPSA) is 45.4 Å². The van der Waals surface area contributed by atoms with Gasteiger partial charge in [-0.05, 0) is 12.8 Å². The van der Waals surface area contributed by atoms with Crippen LogP contribution in [-0.2, 0) is 4.84 Å². The maximum atomic E-state index is 8.36. The van der Waals surface area contributed by atoms with Gasteiger partial charge in [-0.25, -0.2) is 0 Å². The standard InChI is InChI=1S/C9H16N2O/c1-3-4-6-9(11-12-2)7-5-8-10/h3-7H2,1-2H3. The highest BCUT2D eigenvalue weighted by Gasteiger charge is 1.98. The first kappa shape index (κ1) is 11.0. The Kier molecular flexibility index (Phi) is 7.36. The molecule has 0 saturated carbocycles. The van der Waals surface area contributed by atoms with Gasteiger partial charge in [0.2, 0.25) is 0 Å². The van der Waals surface area contributed by atoms with Crippen molar-refractivity contribution >= 4 is 5.71 Å². The van der Waals surface area contributed by atoms with Gasteiger partial charge >= 0.3 is 0 Å².